The number of aryl methyl sites for hydroxylation is 1. The normalized spacial score (nSPS) is 18.0. The molecule has 0 saturated carbocycles. The summed E-state index contributed by atoms with van der Waals surface area (Å²) in [5.74, 6) is 0.797. The van der Waals surface area contributed by atoms with E-state index in [4.69, 9.17) is 4.74 Å². The van der Waals surface area contributed by atoms with Gasteiger partial charge in [-0.2, -0.15) is 0 Å². The monoisotopic (exact) mass is 333 g/mol. The fourth-order valence-electron chi connectivity index (χ4n) is 2.84. The van der Waals surface area contributed by atoms with Crippen molar-refractivity contribution in [2.24, 2.45) is 7.05 Å². The average Bonchev–Trinajstić information content (AvgIpc) is 2.87. The molecule has 0 aliphatic carbocycles. The number of hydrogen-bond donors (Lipinski definition) is 2. The van der Waals surface area contributed by atoms with E-state index in [9.17, 15) is 9.18 Å². The largest absolute Gasteiger partial charge is 0.493 e. The van der Waals surface area contributed by atoms with Crippen molar-refractivity contribution in [2.45, 2.75) is 31.8 Å². The molecule has 3 rings (SSSR count). The fraction of sp³-hybridized carbons (Fsp3) is 0.438. The third-order valence-corrected chi connectivity index (χ3v) is 4.03. The Balaban J connectivity index is 1.69. The molecule has 2 heterocycles. The maximum absolute atomic E-state index is 13.4. The summed E-state index contributed by atoms with van der Waals surface area (Å²) < 4.78 is 20.7. The minimum absolute atomic E-state index is 0.227. The van der Waals surface area contributed by atoms with E-state index in [2.05, 4.69) is 20.8 Å². The van der Waals surface area contributed by atoms with E-state index in [0.717, 1.165) is 18.4 Å². The number of carbonyl (C=O) groups is 1. The highest BCUT2D eigenvalue weighted by Gasteiger charge is 2.23. The molecular formula is C16H20FN5O2. The molecule has 128 valence electrons. The molecule has 0 radical (unpaired) electrons. The van der Waals surface area contributed by atoms with Crippen molar-refractivity contribution in [3.63, 3.8) is 0 Å². The van der Waals surface area contributed by atoms with E-state index in [0.29, 0.717) is 18.2 Å². The molecule has 0 spiro atoms. The van der Waals surface area contributed by atoms with Crippen LogP contribution in [0.15, 0.2) is 24.5 Å². The SMILES string of the molecule is C[C@H](NC(=O)N[C@H]1CCCOc2cc(F)ccc21)c1nncn1C. The van der Waals surface area contributed by atoms with Crippen LogP contribution in [0.1, 0.15) is 43.2 Å². The highest BCUT2D eigenvalue weighted by atomic mass is 19.1. The molecule has 7 nitrogen and oxygen atoms in total. The van der Waals surface area contributed by atoms with E-state index in [-0.39, 0.29) is 23.9 Å². The summed E-state index contributed by atoms with van der Waals surface area (Å²) in [7, 11) is 1.82. The summed E-state index contributed by atoms with van der Waals surface area (Å²) in [4.78, 5) is 12.3. The van der Waals surface area contributed by atoms with Gasteiger partial charge in [0, 0.05) is 18.7 Å². The van der Waals surface area contributed by atoms with Gasteiger partial charge in [0.25, 0.3) is 0 Å². The molecule has 2 atom stereocenters. The standard InChI is InChI=1S/C16H20FN5O2/c1-10(15-21-18-9-22(15)2)19-16(23)20-13-4-3-7-24-14-8-11(17)5-6-12(13)14/h5-6,8-10,13H,3-4,7H2,1-2H3,(H2,19,20,23)/t10-,13-/m0/s1. The Labute approximate surface area is 139 Å². The number of urea groups is 1. The predicted octanol–water partition coefficient (Wildman–Crippen LogP) is 2.23. The molecule has 1 aliphatic rings. The van der Waals surface area contributed by atoms with Crippen LogP contribution in [0.4, 0.5) is 9.18 Å². The predicted molar refractivity (Wildman–Crippen MR) is 85.0 cm³/mol. The van der Waals surface area contributed by atoms with Crippen molar-refractivity contribution in [2.75, 3.05) is 6.61 Å². The van der Waals surface area contributed by atoms with Crippen molar-refractivity contribution in [3.8, 4) is 5.75 Å². The third-order valence-electron chi connectivity index (χ3n) is 4.03. The molecule has 2 amide bonds. The molecular weight excluding hydrogens is 313 g/mol. The van der Waals surface area contributed by atoms with E-state index >= 15 is 0 Å². The lowest BCUT2D eigenvalue weighted by molar-refractivity contribution is 0.232. The number of nitrogens with zero attached hydrogens (tertiary/aromatic N) is 3. The summed E-state index contributed by atoms with van der Waals surface area (Å²) in [5, 5.41) is 13.6. The number of aromatic nitrogens is 3. The van der Waals surface area contributed by atoms with Gasteiger partial charge in [0.1, 0.15) is 17.9 Å². The van der Waals surface area contributed by atoms with Crippen LogP contribution in [0, 0.1) is 5.82 Å². The van der Waals surface area contributed by atoms with Crippen LogP contribution >= 0.6 is 0 Å². The zero-order valence-corrected chi connectivity index (χ0v) is 13.6. The minimum atomic E-state index is -0.352. The lowest BCUT2D eigenvalue weighted by atomic mass is 10.0. The second-order valence-electron chi connectivity index (χ2n) is 5.86. The van der Waals surface area contributed by atoms with E-state index < -0.39 is 0 Å². The van der Waals surface area contributed by atoms with Crippen LogP contribution in [0.2, 0.25) is 0 Å². The first kappa shape index (κ1) is 16.2. The zero-order valence-electron chi connectivity index (χ0n) is 13.6. The molecule has 0 unspecified atom stereocenters. The maximum atomic E-state index is 13.4. The van der Waals surface area contributed by atoms with Crippen molar-refractivity contribution in [1.29, 1.82) is 0 Å². The van der Waals surface area contributed by atoms with Crippen molar-refractivity contribution < 1.29 is 13.9 Å². The first-order valence-electron chi connectivity index (χ1n) is 7.88. The molecule has 8 heteroatoms. The number of ether oxygens (including phenoxy) is 1. The van der Waals surface area contributed by atoms with E-state index in [1.165, 1.54) is 12.1 Å². The second kappa shape index (κ2) is 6.86. The van der Waals surface area contributed by atoms with Gasteiger partial charge >= 0.3 is 6.03 Å². The van der Waals surface area contributed by atoms with Crippen LogP contribution in [0.3, 0.4) is 0 Å². The molecule has 2 aromatic rings. The van der Waals surface area contributed by atoms with Gasteiger partial charge in [0.2, 0.25) is 0 Å². The third kappa shape index (κ3) is 3.47. The molecule has 1 aromatic heterocycles. The minimum Gasteiger partial charge on any atom is -0.493 e. The van der Waals surface area contributed by atoms with Gasteiger partial charge < -0.3 is 19.9 Å². The van der Waals surface area contributed by atoms with Crippen molar-refractivity contribution in [1.82, 2.24) is 25.4 Å². The number of rotatable bonds is 3. The summed E-state index contributed by atoms with van der Waals surface area (Å²) in [5.41, 5.74) is 0.787. The van der Waals surface area contributed by atoms with Gasteiger partial charge in [0.05, 0.1) is 18.7 Å². The molecule has 1 aliphatic heterocycles. The smallest absolute Gasteiger partial charge is 0.315 e. The number of hydrogen-bond acceptors (Lipinski definition) is 4. The highest BCUT2D eigenvalue weighted by Crippen LogP contribution is 2.32. The van der Waals surface area contributed by atoms with Crippen LogP contribution in [-0.2, 0) is 7.05 Å². The van der Waals surface area contributed by atoms with Crippen LogP contribution in [0.25, 0.3) is 0 Å². The zero-order chi connectivity index (χ0) is 17.1. The number of nitrogens with one attached hydrogen (secondary N) is 2. The lowest BCUT2D eigenvalue weighted by Crippen LogP contribution is -2.39. The van der Waals surface area contributed by atoms with Gasteiger partial charge in [-0.3, -0.25) is 0 Å². The summed E-state index contributed by atoms with van der Waals surface area (Å²) in [6.45, 7) is 2.34. The molecule has 0 bridgehead atoms. The first-order valence-corrected chi connectivity index (χ1v) is 7.88. The maximum Gasteiger partial charge on any atom is 0.315 e. The first-order chi connectivity index (χ1) is 11.5. The van der Waals surface area contributed by atoms with Crippen LogP contribution in [-0.4, -0.2) is 27.4 Å². The van der Waals surface area contributed by atoms with Crippen LogP contribution < -0.4 is 15.4 Å². The summed E-state index contributed by atoms with van der Waals surface area (Å²) in [6.07, 6.45) is 3.09. The molecule has 24 heavy (non-hydrogen) atoms. The Morgan fingerprint density at radius 2 is 2.33 bits per heavy atom. The average molecular weight is 333 g/mol. The number of amides is 2. The van der Waals surface area contributed by atoms with Gasteiger partial charge in [-0.05, 0) is 25.8 Å². The van der Waals surface area contributed by atoms with Gasteiger partial charge in [0.15, 0.2) is 5.82 Å². The summed E-state index contributed by atoms with van der Waals surface area (Å²) in [6, 6.07) is 3.57. The fourth-order valence-corrected chi connectivity index (χ4v) is 2.84. The number of fused-ring (bicyclic) bond motifs is 1. The van der Waals surface area contributed by atoms with Gasteiger partial charge in [-0.1, -0.05) is 6.07 Å². The Kier molecular flexibility index (Phi) is 4.64. The second-order valence-corrected chi connectivity index (χ2v) is 5.86. The summed E-state index contributed by atoms with van der Waals surface area (Å²) >= 11 is 0. The van der Waals surface area contributed by atoms with Gasteiger partial charge in [-0.25, -0.2) is 9.18 Å². The van der Waals surface area contributed by atoms with E-state index in [1.54, 1.807) is 17.0 Å². The van der Waals surface area contributed by atoms with Crippen LogP contribution in [0.5, 0.6) is 5.75 Å². The molecule has 2 N–H and O–H groups in total. The number of benzene rings is 1. The van der Waals surface area contributed by atoms with E-state index in [1.807, 2.05) is 14.0 Å². The molecule has 0 saturated heterocycles. The van der Waals surface area contributed by atoms with Crippen molar-refractivity contribution >= 4 is 6.03 Å². The van der Waals surface area contributed by atoms with Gasteiger partial charge in [-0.15, -0.1) is 10.2 Å². The molecule has 1 aromatic carbocycles. The quantitative estimate of drug-likeness (QED) is 0.902. The lowest BCUT2D eigenvalue weighted by Gasteiger charge is -2.20. The Hall–Kier alpha value is -2.64. The topological polar surface area (TPSA) is 81.1 Å². The Morgan fingerprint density at radius 1 is 1.50 bits per heavy atom. The van der Waals surface area contributed by atoms with Crippen molar-refractivity contribution in [3.05, 3.63) is 41.7 Å². The Morgan fingerprint density at radius 3 is 3.08 bits per heavy atom. The number of halogens is 1. The Bertz CT molecular complexity index is 733. The number of carbonyl (C=O) groups excluding carboxylic acids is 1. The molecule has 0 fully saturated rings. The highest BCUT2D eigenvalue weighted by molar-refractivity contribution is 5.75.